The van der Waals surface area contributed by atoms with Gasteiger partial charge in [-0.3, -0.25) is 4.68 Å². The van der Waals surface area contributed by atoms with Gasteiger partial charge in [-0.15, -0.1) is 0 Å². The fourth-order valence-electron chi connectivity index (χ4n) is 4.28. The number of piperidine rings is 1. The molecule has 0 saturated carbocycles. The van der Waals surface area contributed by atoms with Crippen LogP contribution in [0, 0.1) is 0 Å². The van der Waals surface area contributed by atoms with Crippen molar-refractivity contribution in [2.24, 2.45) is 0 Å². The normalized spacial score (nSPS) is 16.3. The van der Waals surface area contributed by atoms with Crippen LogP contribution in [0.4, 0.5) is 10.6 Å². The molecule has 1 N–H and O–H groups in total. The summed E-state index contributed by atoms with van der Waals surface area (Å²) >= 11 is 3.63. The molecule has 35 heavy (non-hydrogen) atoms. The van der Waals surface area contributed by atoms with Crippen LogP contribution in [-0.2, 0) is 11.3 Å². The van der Waals surface area contributed by atoms with Crippen LogP contribution in [0.2, 0.25) is 0 Å². The first-order chi connectivity index (χ1) is 16.7. The van der Waals surface area contributed by atoms with Crippen molar-refractivity contribution in [3.05, 3.63) is 40.6 Å². The Morgan fingerprint density at radius 1 is 1.23 bits per heavy atom. The van der Waals surface area contributed by atoms with E-state index in [0.29, 0.717) is 24.2 Å². The Labute approximate surface area is 213 Å². The molecule has 1 amide bonds. The third kappa shape index (κ3) is 5.63. The van der Waals surface area contributed by atoms with Crippen LogP contribution in [0.5, 0.6) is 11.5 Å². The second-order valence-electron chi connectivity index (χ2n) is 9.54. The summed E-state index contributed by atoms with van der Waals surface area (Å²) in [6, 6.07) is 7.73. The summed E-state index contributed by atoms with van der Waals surface area (Å²) in [5, 5.41) is 9.11. The van der Waals surface area contributed by atoms with E-state index in [4.69, 9.17) is 19.3 Å². The SMILES string of the molecule is COc1ccc(CNc2nccc3c2c(Br)nn3C2CCCN(C(=O)OC(C)(C)C)C2)c(OC)c1. The number of carbonyl (C=O) groups is 1. The number of anilines is 1. The number of ether oxygens (including phenoxy) is 3. The van der Waals surface area contributed by atoms with E-state index in [9.17, 15) is 4.79 Å². The van der Waals surface area contributed by atoms with Crippen LogP contribution in [0.15, 0.2) is 35.1 Å². The molecule has 1 aliphatic rings. The maximum atomic E-state index is 12.7. The van der Waals surface area contributed by atoms with Gasteiger partial charge >= 0.3 is 6.09 Å². The Hall–Kier alpha value is -3.01. The largest absolute Gasteiger partial charge is 0.497 e. The van der Waals surface area contributed by atoms with Crippen LogP contribution < -0.4 is 14.8 Å². The molecule has 188 valence electrons. The van der Waals surface area contributed by atoms with E-state index < -0.39 is 5.60 Å². The van der Waals surface area contributed by atoms with Gasteiger partial charge in [0.05, 0.1) is 31.2 Å². The summed E-state index contributed by atoms with van der Waals surface area (Å²) in [5.74, 6) is 2.20. The minimum absolute atomic E-state index is 0.0435. The monoisotopic (exact) mass is 545 g/mol. The molecule has 0 aliphatic carbocycles. The second kappa shape index (κ2) is 10.3. The first-order valence-electron chi connectivity index (χ1n) is 11.7. The summed E-state index contributed by atoms with van der Waals surface area (Å²) in [6.45, 7) is 7.40. The first-order valence-corrected chi connectivity index (χ1v) is 12.4. The van der Waals surface area contributed by atoms with Crippen LogP contribution >= 0.6 is 15.9 Å². The fourth-order valence-corrected chi connectivity index (χ4v) is 4.84. The molecule has 0 spiro atoms. The van der Waals surface area contributed by atoms with Crippen molar-refractivity contribution in [1.82, 2.24) is 19.7 Å². The molecule has 1 fully saturated rings. The summed E-state index contributed by atoms with van der Waals surface area (Å²) in [6.07, 6.45) is 3.30. The van der Waals surface area contributed by atoms with Crippen LogP contribution in [0.3, 0.4) is 0 Å². The number of nitrogens with one attached hydrogen (secondary N) is 1. The lowest BCUT2D eigenvalue weighted by atomic mass is 10.1. The van der Waals surface area contributed by atoms with E-state index >= 15 is 0 Å². The van der Waals surface area contributed by atoms with E-state index in [1.165, 1.54) is 0 Å². The van der Waals surface area contributed by atoms with E-state index in [1.54, 1.807) is 25.3 Å². The second-order valence-corrected chi connectivity index (χ2v) is 10.3. The lowest BCUT2D eigenvalue weighted by Gasteiger charge is -2.34. The number of hydrogen-bond acceptors (Lipinski definition) is 7. The van der Waals surface area contributed by atoms with Gasteiger partial charge in [-0.1, -0.05) is 0 Å². The minimum atomic E-state index is -0.524. The standard InChI is InChI=1S/C25H32BrN5O4/c1-25(2,3)35-24(32)30-12-6-7-17(15-30)31-19-10-11-27-23(21(19)22(26)29-31)28-14-16-8-9-18(33-4)13-20(16)34-5/h8-11,13,17H,6-7,12,14-15H2,1-5H3,(H,27,28). The Kier molecular flexibility index (Phi) is 7.39. The number of nitrogens with zero attached hydrogens (tertiary/aromatic N) is 4. The number of hydrogen-bond donors (Lipinski definition) is 1. The molecule has 10 heteroatoms. The molecule has 0 radical (unpaired) electrons. The quantitative estimate of drug-likeness (QED) is 0.443. The van der Waals surface area contributed by atoms with Crippen molar-refractivity contribution in [2.45, 2.75) is 51.8 Å². The fraction of sp³-hybridized carbons (Fsp3) is 0.480. The molecule has 1 saturated heterocycles. The van der Waals surface area contributed by atoms with Gasteiger partial charge in [0.1, 0.15) is 27.5 Å². The number of pyridine rings is 1. The smallest absolute Gasteiger partial charge is 0.410 e. The van der Waals surface area contributed by atoms with Gasteiger partial charge in [0.15, 0.2) is 0 Å². The summed E-state index contributed by atoms with van der Waals surface area (Å²) < 4.78 is 19.1. The predicted molar refractivity (Wildman–Crippen MR) is 138 cm³/mol. The molecule has 1 aliphatic heterocycles. The number of likely N-dealkylation sites (tertiary alicyclic amines) is 1. The Morgan fingerprint density at radius 2 is 2.03 bits per heavy atom. The highest BCUT2D eigenvalue weighted by molar-refractivity contribution is 9.10. The van der Waals surface area contributed by atoms with Crippen molar-refractivity contribution in [3.63, 3.8) is 0 Å². The van der Waals surface area contributed by atoms with Gasteiger partial charge in [-0.25, -0.2) is 9.78 Å². The number of methoxy groups -OCH3 is 2. The highest BCUT2D eigenvalue weighted by atomic mass is 79.9. The van der Waals surface area contributed by atoms with Gasteiger partial charge < -0.3 is 24.4 Å². The molecule has 3 aromatic rings. The number of aromatic nitrogens is 3. The summed E-state index contributed by atoms with van der Waals surface area (Å²) in [4.78, 5) is 19.0. The third-order valence-corrected chi connectivity index (χ3v) is 6.47. The molecule has 0 bridgehead atoms. The Bertz CT molecular complexity index is 1210. The number of amides is 1. The average molecular weight is 546 g/mol. The van der Waals surface area contributed by atoms with Crippen molar-refractivity contribution in [2.75, 3.05) is 32.6 Å². The molecule has 3 heterocycles. The number of rotatable bonds is 6. The Balaban J connectivity index is 1.56. The molecule has 1 atom stereocenters. The number of carbonyl (C=O) groups excluding carboxylic acids is 1. The zero-order valence-corrected chi connectivity index (χ0v) is 22.4. The van der Waals surface area contributed by atoms with Gasteiger partial charge in [-0.2, -0.15) is 5.10 Å². The molecular formula is C25H32BrN5O4. The van der Waals surface area contributed by atoms with Gasteiger partial charge in [-0.05, 0) is 67.7 Å². The van der Waals surface area contributed by atoms with E-state index in [-0.39, 0.29) is 12.1 Å². The van der Waals surface area contributed by atoms with E-state index in [2.05, 4.69) is 26.2 Å². The molecule has 1 unspecified atom stereocenters. The number of benzene rings is 1. The van der Waals surface area contributed by atoms with Crippen molar-refractivity contribution in [3.8, 4) is 11.5 Å². The zero-order valence-electron chi connectivity index (χ0n) is 20.8. The lowest BCUT2D eigenvalue weighted by molar-refractivity contribution is 0.0169. The Morgan fingerprint density at radius 3 is 2.74 bits per heavy atom. The predicted octanol–water partition coefficient (Wildman–Crippen LogP) is 5.40. The summed E-state index contributed by atoms with van der Waals surface area (Å²) in [7, 11) is 3.27. The topological polar surface area (TPSA) is 90.7 Å². The highest BCUT2D eigenvalue weighted by Gasteiger charge is 2.30. The van der Waals surface area contributed by atoms with Crippen molar-refractivity contribution in [1.29, 1.82) is 0 Å². The van der Waals surface area contributed by atoms with Gasteiger partial charge in [0.25, 0.3) is 0 Å². The van der Waals surface area contributed by atoms with Crippen LogP contribution in [-0.4, -0.2) is 58.7 Å². The van der Waals surface area contributed by atoms with Gasteiger partial charge in [0.2, 0.25) is 0 Å². The number of halogens is 1. The average Bonchev–Trinajstić information content (AvgIpc) is 3.18. The maximum absolute atomic E-state index is 12.7. The maximum Gasteiger partial charge on any atom is 0.410 e. The third-order valence-electron chi connectivity index (χ3n) is 5.91. The first kappa shape index (κ1) is 25.1. The minimum Gasteiger partial charge on any atom is -0.497 e. The number of fused-ring (bicyclic) bond motifs is 1. The molecular weight excluding hydrogens is 514 g/mol. The van der Waals surface area contributed by atoms with E-state index in [1.807, 2.05) is 49.7 Å². The molecule has 1 aromatic carbocycles. The van der Waals surface area contributed by atoms with Crippen molar-refractivity contribution >= 4 is 38.7 Å². The van der Waals surface area contributed by atoms with Crippen LogP contribution in [0.1, 0.15) is 45.2 Å². The molecule has 9 nitrogen and oxygen atoms in total. The van der Waals surface area contributed by atoms with Crippen molar-refractivity contribution < 1.29 is 19.0 Å². The molecule has 2 aromatic heterocycles. The highest BCUT2D eigenvalue weighted by Crippen LogP contribution is 2.34. The lowest BCUT2D eigenvalue weighted by Crippen LogP contribution is -2.43. The summed E-state index contributed by atoms with van der Waals surface area (Å²) in [5.41, 5.74) is 1.41. The van der Waals surface area contributed by atoms with Crippen LogP contribution in [0.25, 0.3) is 10.9 Å². The van der Waals surface area contributed by atoms with E-state index in [0.717, 1.165) is 46.6 Å². The van der Waals surface area contributed by atoms with Gasteiger partial charge in [0, 0.05) is 37.5 Å². The molecule has 4 rings (SSSR count). The zero-order chi connectivity index (χ0) is 25.2.